The molecule has 4 nitrogen and oxygen atoms in total. The number of ether oxygens (including phenoxy) is 2. The lowest BCUT2D eigenvalue weighted by Gasteiger charge is -2.09. The molecule has 0 saturated carbocycles. The Morgan fingerprint density at radius 3 is 2.32 bits per heavy atom. The lowest BCUT2D eigenvalue weighted by atomic mass is 10.3. The van der Waals surface area contributed by atoms with Crippen molar-refractivity contribution in [3.63, 3.8) is 0 Å². The fraction of sp³-hybridized carbons (Fsp3) is 0.0667. The van der Waals surface area contributed by atoms with E-state index in [0.717, 1.165) is 11.0 Å². The van der Waals surface area contributed by atoms with E-state index in [1.165, 1.54) is 0 Å². The minimum atomic E-state index is 0.447. The van der Waals surface area contributed by atoms with Gasteiger partial charge in [-0.1, -0.05) is 24.3 Å². The van der Waals surface area contributed by atoms with E-state index in [9.17, 15) is 0 Å². The van der Waals surface area contributed by atoms with E-state index in [2.05, 4.69) is 9.97 Å². The van der Waals surface area contributed by atoms with Crippen LogP contribution in [0.2, 0.25) is 0 Å². The van der Waals surface area contributed by atoms with Gasteiger partial charge in [-0.2, -0.15) is 0 Å². The Hall–Kier alpha value is -2.62. The second-order valence-corrected chi connectivity index (χ2v) is 3.95. The van der Waals surface area contributed by atoms with E-state index in [4.69, 9.17) is 9.47 Å². The fourth-order valence-corrected chi connectivity index (χ4v) is 1.81. The van der Waals surface area contributed by atoms with Crippen molar-refractivity contribution >= 4 is 11.0 Å². The van der Waals surface area contributed by atoms with Crippen molar-refractivity contribution in [1.82, 2.24) is 9.97 Å². The van der Waals surface area contributed by atoms with E-state index in [1.54, 1.807) is 13.3 Å². The first-order valence-electron chi connectivity index (χ1n) is 5.89. The third kappa shape index (κ3) is 2.33. The number of nitrogens with zero attached hydrogens (tertiary/aromatic N) is 2. The molecule has 0 fully saturated rings. The number of rotatable bonds is 3. The summed E-state index contributed by atoms with van der Waals surface area (Å²) < 4.78 is 10.9. The third-order valence-corrected chi connectivity index (χ3v) is 2.71. The lowest BCUT2D eigenvalue weighted by molar-refractivity contribution is 0.374. The Labute approximate surface area is 110 Å². The molecule has 1 heterocycles. The highest BCUT2D eigenvalue weighted by Gasteiger charge is 2.06. The molecule has 0 radical (unpaired) electrons. The summed E-state index contributed by atoms with van der Waals surface area (Å²) in [6.07, 6.45) is 1.61. The Morgan fingerprint density at radius 2 is 1.53 bits per heavy atom. The van der Waals surface area contributed by atoms with Crippen LogP contribution in [0.4, 0.5) is 0 Å². The molecule has 0 aliphatic heterocycles. The zero-order valence-corrected chi connectivity index (χ0v) is 10.4. The molecule has 0 aliphatic rings. The highest BCUT2D eigenvalue weighted by atomic mass is 16.5. The van der Waals surface area contributed by atoms with Gasteiger partial charge in [0.25, 0.3) is 0 Å². The topological polar surface area (TPSA) is 44.2 Å². The van der Waals surface area contributed by atoms with Gasteiger partial charge in [-0.25, -0.2) is 9.97 Å². The third-order valence-electron chi connectivity index (χ3n) is 2.71. The van der Waals surface area contributed by atoms with E-state index in [-0.39, 0.29) is 0 Å². The number of methoxy groups -OCH3 is 1. The Kier molecular flexibility index (Phi) is 2.98. The zero-order valence-electron chi connectivity index (χ0n) is 10.4. The van der Waals surface area contributed by atoms with Crippen LogP contribution in [0.3, 0.4) is 0 Å². The molecule has 1 aromatic heterocycles. The first-order valence-corrected chi connectivity index (χ1v) is 5.89. The highest BCUT2D eigenvalue weighted by Crippen LogP contribution is 2.30. The van der Waals surface area contributed by atoms with Crippen molar-refractivity contribution in [2.75, 3.05) is 7.11 Å². The summed E-state index contributed by atoms with van der Waals surface area (Å²) in [6.45, 7) is 0. The monoisotopic (exact) mass is 252 g/mol. The second kappa shape index (κ2) is 4.94. The van der Waals surface area contributed by atoms with Crippen molar-refractivity contribution in [3.05, 3.63) is 54.7 Å². The molecule has 0 bridgehead atoms. The first-order chi connectivity index (χ1) is 9.36. The summed E-state index contributed by atoms with van der Waals surface area (Å²) in [6, 6.07) is 15.1. The van der Waals surface area contributed by atoms with Crippen molar-refractivity contribution in [2.24, 2.45) is 0 Å². The number of hydrogen-bond acceptors (Lipinski definition) is 4. The van der Waals surface area contributed by atoms with Gasteiger partial charge in [0, 0.05) is 0 Å². The van der Waals surface area contributed by atoms with Gasteiger partial charge in [-0.05, 0) is 24.3 Å². The number of aromatic nitrogens is 2. The molecular formula is C15H12N2O2. The summed E-state index contributed by atoms with van der Waals surface area (Å²) in [5.41, 5.74) is 1.64. The van der Waals surface area contributed by atoms with Crippen LogP contribution < -0.4 is 9.47 Å². The summed E-state index contributed by atoms with van der Waals surface area (Å²) >= 11 is 0. The van der Waals surface area contributed by atoms with Crippen LogP contribution in [0.5, 0.6) is 17.4 Å². The van der Waals surface area contributed by atoms with Gasteiger partial charge in [0.15, 0.2) is 11.5 Å². The average molecular weight is 252 g/mol. The Morgan fingerprint density at radius 1 is 0.842 bits per heavy atom. The smallest absolute Gasteiger partial charge is 0.238 e. The maximum atomic E-state index is 5.71. The molecule has 4 heteroatoms. The molecular weight excluding hydrogens is 240 g/mol. The highest BCUT2D eigenvalue weighted by molar-refractivity contribution is 5.74. The Bertz CT molecular complexity index is 713. The summed E-state index contributed by atoms with van der Waals surface area (Å²) in [7, 11) is 1.61. The molecule has 0 saturated heterocycles. The van der Waals surface area contributed by atoms with Crippen LogP contribution in [0.15, 0.2) is 54.7 Å². The van der Waals surface area contributed by atoms with Gasteiger partial charge in [-0.15, -0.1) is 0 Å². The lowest BCUT2D eigenvalue weighted by Crippen LogP contribution is -1.93. The molecule has 0 spiro atoms. The van der Waals surface area contributed by atoms with Crippen LogP contribution in [0, 0.1) is 0 Å². The summed E-state index contributed by atoms with van der Waals surface area (Å²) in [4.78, 5) is 8.71. The van der Waals surface area contributed by atoms with Gasteiger partial charge in [-0.3, -0.25) is 0 Å². The van der Waals surface area contributed by atoms with Crippen molar-refractivity contribution in [2.45, 2.75) is 0 Å². The van der Waals surface area contributed by atoms with E-state index in [1.807, 2.05) is 48.5 Å². The van der Waals surface area contributed by atoms with Crippen LogP contribution in [0.1, 0.15) is 0 Å². The van der Waals surface area contributed by atoms with Crippen molar-refractivity contribution < 1.29 is 9.47 Å². The van der Waals surface area contributed by atoms with E-state index in [0.29, 0.717) is 17.4 Å². The van der Waals surface area contributed by atoms with Crippen molar-refractivity contribution in [1.29, 1.82) is 0 Å². The maximum absolute atomic E-state index is 5.71. The van der Waals surface area contributed by atoms with Crippen LogP contribution in [-0.4, -0.2) is 17.1 Å². The summed E-state index contributed by atoms with van der Waals surface area (Å²) in [5, 5.41) is 0. The van der Waals surface area contributed by atoms with Gasteiger partial charge < -0.3 is 9.47 Å². The maximum Gasteiger partial charge on any atom is 0.238 e. The van der Waals surface area contributed by atoms with Gasteiger partial charge in [0.2, 0.25) is 5.88 Å². The quantitative estimate of drug-likeness (QED) is 0.716. The van der Waals surface area contributed by atoms with E-state index >= 15 is 0 Å². The van der Waals surface area contributed by atoms with Gasteiger partial charge >= 0.3 is 0 Å². The second-order valence-electron chi connectivity index (χ2n) is 3.95. The fourth-order valence-electron chi connectivity index (χ4n) is 1.81. The van der Waals surface area contributed by atoms with Crippen LogP contribution in [0.25, 0.3) is 11.0 Å². The first kappa shape index (κ1) is 11.5. The predicted molar refractivity (Wildman–Crippen MR) is 72.6 cm³/mol. The minimum absolute atomic E-state index is 0.447. The SMILES string of the molecule is COc1ccccc1Oc1cnc2ccccc2n1. The molecule has 0 atom stereocenters. The molecule has 3 aromatic rings. The van der Waals surface area contributed by atoms with Crippen molar-refractivity contribution in [3.8, 4) is 17.4 Å². The molecule has 3 rings (SSSR count). The summed E-state index contributed by atoms with van der Waals surface area (Å²) in [5.74, 6) is 1.73. The molecule has 0 amide bonds. The molecule has 2 aromatic carbocycles. The standard InChI is InChI=1S/C15H12N2O2/c1-18-13-8-4-5-9-14(13)19-15-10-16-11-6-2-3-7-12(11)17-15/h2-10H,1H3. The zero-order chi connectivity index (χ0) is 13.1. The Balaban J connectivity index is 1.96. The number of para-hydroxylation sites is 4. The average Bonchev–Trinajstić information content (AvgIpc) is 2.48. The van der Waals surface area contributed by atoms with Crippen LogP contribution >= 0.6 is 0 Å². The number of fused-ring (bicyclic) bond motifs is 1. The van der Waals surface area contributed by atoms with Crippen LogP contribution in [-0.2, 0) is 0 Å². The molecule has 0 unspecified atom stereocenters. The predicted octanol–water partition coefficient (Wildman–Crippen LogP) is 3.43. The molecule has 94 valence electrons. The number of hydrogen-bond donors (Lipinski definition) is 0. The van der Waals surface area contributed by atoms with Gasteiger partial charge in [0.05, 0.1) is 24.3 Å². The normalized spacial score (nSPS) is 10.4. The molecule has 0 N–H and O–H groups in total. The van der Waals surface area contributed by atoms with E-state index < -0.39 is 0 Å². The largest absolute Gasteiger partial charge is 0.493 e. The molecule has 0 aliphatic carbocycles. The van der Waals surface area contributed by atoms with Gasteiger partial charge in [0.1, 0.15) is 0 Å². The minimum Gasteiger partial charge on any atom is -0.493 e. The number of benzene rings is 2. The molecule has 19 heavy (non-hydrogen) atoms.